The van der Waals surface area contributed by atoms with Crippen LogP contribution in [0.4, 0.5) is 0 Å². The van der Waals surface area contributed by atoms with Crippen molar-refractivity contribution in [3.05, 3.63) is 128 Å². The molecule has 0 bridgehead atoms. The van der Waals surface area contributed by atoms with E-state index in [-0.39, 0.29) is 0 Å². The Bertz CT molecular complexity index is 2090. The van der Waals surface area contributed by atoms with Crippen LogP contribution in [-0.2, 0) is 0 Å². The molecular weight excluding hydrogens is 498 g/mol. The third kappa shape index (κ3) is 3.67. The van der Waals surface area contributed by atoms with Gasteiger partial charge in [-0.3, -0.25) is 4.98 Å². The molecular formula is C34H21N3OS. The Morgan fingerprint density at radius 2 is 1.46 bits per heavy atom. The van der Waals surface area contributed by atoms with Crippen LogP contribution in [0, 0.1) is 0 Å². The van der Waals surface area contributed by atoms with E-state index in [1.165, 1.54) is 15.5 Å². The Morgan fingerprint density at radius 3 is 2.26 bits per heavy atom. The van der Waals surface area contributed by atoms with Crippen molar-refractivity contribution in [1.82, 2.24) is 14.5 Å². The smallest absolute Gasteiger partial charge is 0.124 e. The fourth-order valence-corrected chi connectivity index (χ4v) is 6.33. The largest absolute Gasteiger partial charge is 0.472 e. The van der Waals surface area contributed by atoms with Crippen molar-refractivity contribution in [2.45, 2.75) is 0 Å². The van der Waals surface area contributed by atoms with Gasteiger partial charge in [0.25, 0.3) is 0 Å². The number of hydrogen-bond acceptors (Lipinski definition) is 4. The Morgan fingerprint density at radius 1 is 0.641 bits per heavy atom. The molecule has 8 rings (SSSR count). The van der Waals surface area contributed by atoms with Crippen molar-refractivity contribution in [2.75, 3.05) is 0 Å². The predicted octanol–water partition coefficient (Wildman–Crippen LogP) is 9.38. The van der Waals surface area contributed by atoms with Crippen molar-refractivity contribution < 1.29 is 4.42 Å². The molecule has 0 saturated heterocycles. The van der Waals surface area contributed by atoms with Crippen LogP contribution in [0.3, 0.4) is 0 Å². The van der Waals surface area contributed by atoms with Crippen LogP contribution in [0.5, 0.6) is 0 Å². The first-order valence-corrected chi connectivity index (χ1v) is 13.6. The number of fused-ring (bicyclic) bond motifs is 4. The van der Waals surface area contributed by atoms with Crippen molar-refractivity contribution in [3.63, 3.8) is 0 Å². The molecule has 0 radical (unpaired) electrons. The summed E-state index contributed by atoms with van der Waals surface area (Å²) in [6.07, 6.45) is 5.35. The highest BCUT2D eigenvalue weighted by Crippen LogP contribution is 2.39. The lowest BCUT2D eigenvalue weighted by Gasteiger charge is -2.11. The van der Waals surface area contributed by atoms with Crippen molar-refractivity contribution in [2.24, 2.45) is 0 Å². The number of thiazole rings is 1. The van der Waals surface area contributed by atoms with E-state index in [0.29, 0.717) is 0 Å². The van der Waals surface area contributed by atoms with Crippen LogP contribution in [0.25, 0.3) is 70.7 Å². The van der Waals surface area contributed by atoms with Gasteiger partial charge in [0, 0.05) is 39.3 Å². The van der Waals surface area contributed by atoms with Gasteiger partial charge in [-0.1, -0.05) is 54.6 Å². The zero-order valence-corrected chi connectivity index (χ0v) is 21.6. The minimum atomic E-state index is 0.953. The van der Waals surface area contributed by atoms with Gasteiger partial charge >= 0.3 is 0 Å². The topological polar surface area (TPSA) is 43.9 Å². The van der Waals surface area contributed by atoms with Crippen LogP contribution in [0.2, 0.25) is 0 Å². The predicted molar refractivity (Wildman–Crippen MR) is 160 cm³/mol. The number of rotatable bonds is 4. The number of hydrogen-bond donors (Lipinski definition) is 0. The molecule has 4 aromatic heterocycles. The van der Waals surface area contributed by atoms with Crippen LogP contribution in [-0.4, -0.2) is 14.5 Å². The molecule has 0 aliphatic heterocycles. The summed E-state index contributed by atoms with van der Waals surface area (Å²) in [5.41, 5.74) is 9.73. The fourth-order valence-electron chi connectivity index (χ4n) is 5.37. The minimum Gasteiger partial charge on any atom is -0.472 e. The maximum Gasteiger partial charge on any atom is 0.124 e. The summed E-state index contributed by atoms with van der Waals surface area (Å²) in [5, 5.41) is 3.43. The molecule has 39 heavy (non-hydrogen) atoms. The van der Waals surface area contributed by atoms with Gasteiger partial charge in [0.05, 0.1) is 39.5 Å². The normalized spacial score (nSPS) is 11.6. The minimum absolute atomic E-state index is 0.953. The van der Waals surface area contributed by atoms with Crippen LogP contribution in [0.15, 0.2) is 132 Å². The molecule has 5 heteroatoms. The van der Waals surface area contributed by atoms with Crippen LogP contribution < -0.4 is 0 Å². The standard InChI is InChI=1S/C34H21N3OS/c1-2-10-33-30(9-1)36-34(39-33)24-12-14-28-27-13-11-22(25-15-17-38-21-25)19-31(27)37(32(28)20-24)26-7-5-6-23(18-26)29-8-3-4-16-35-29/h1-21H. The van der Waals surface area contributed by atoms with Crippen LogP contribution in [0.1, 0.15) is 0 Å². The Kier molecular flexibility index (Phi) is 4.96. The lowest BCUT2D eigenvalue weighted by atomic mass is 10.1. The first-order chi connectivity index (χ1) is 19.3. The van der Waals surface area contributed by atoms with E-state index in [2.05, 4.69) is 88.4 Å². The third-order valence-corrected chi connectivity index (χ3v) is 8.31. The average Bonchev–Trinajstić information content (AvgIpc) is 3.75. The highest BCUT2D eigenvalue weighted by molar-refractivity contribution is 7.21. The fraction of sp³-hybridized carbons (Fsp3) is 0. The summed E-state index contributed by atoms with van der Waals surface area (Å²) in [6, 6.07) is 38.3. The van der Waals surface area contributed by atoms with Gasteiger partial charge in [-0.15, -0.1) is 11.3 Å². The summed E-state index contributed by atoms with van der Waals surface area (Å²) in [6.45, 7) is 0. The van der Waals surface area contributed by atoms with E-state index in [4.69, 9.17) is 9.40 Å². The van der Waals surface area contributed by atoms with Crippen molar-refractivity contribution in [1.29, 1.82) is 0 Å². The van der Waals surface area contributed by atoms with Gasteiger partial charge in [-0.05, 0) is 60.2 Å². The highest BCUT2D eigenvalue weighted by Gasteiger charge is 2.16. The SMILES string of the molecule is c1ccc(-c2cccc(-n3c4cc(-c5ccoc5)ccc4c4ccc(-c5nc6ccccc6s5)cc43)c2)nc1. The molecule has 4 heterocycles. The molecule has 0 unspecified atom stereocenters. The van der Waals surface area contributed by atoms with E-state index >= 15 is 0 Å². The summed E-state index contributed by atoms with van der Waals surface area (Å²) < 4.78 is 8.94. The zero-order valence-electron chi connectivity index (χ0n) is 20.8. The summed E-state index contributed by atoms with van der Waals surface area (Å²) in [4.78, 5) is 9.53. The second-order valence-electron chi connectivity index (χ2n) is 9.56. The second-order valence-corrected chi connectivity index (χ2v) is 10.6. The number of pyridine rings is 1. The molecule has 8 aromatic rings. The van der Waals surface area contributed by atoms with Crippen molar-refractivity contribution >= 4 is 43.4 Å². The molecule has 184 valence electrons. The van der Waals surface area contributed by atoms with Crippen LogP contribution >= 0.6 is 11.3 Å². The van der Waals surface area contributed by atoms with Gasteiger partial charge in [0.2, 0.25) is 0 Å². The molecule has 0 saturated carbocycles. The monoisotopic (exact) mass is 519 g/mol. The quantitative estimate of drug-likeness (QED) is 0.233. The average molecular weight is 520 g/mol. The molecule has 0 N–H and O–H groups in total. The van der Waals surface area contributed by atoms with E-state index in [0.717, 1.165) is 55.2 Å². The van der Waals surface area contributed by atoms with Gasteiger partial charge in [-0.2, -0.15) is 0 Å². The maximum absolute atomic E-state index is 5.39. The van der Waals surface area contributed by atoms with E-state index in [9.17, 15) is 0 Å². The molecule has 0 aliphatic carbocycles. The second kappa shape index (κ2) is 8.79. The molecule has 4 aromatic carbocycles. The van der Waals surface area contributed by atoms with Gasteiger partial charge in [0.1, 0.15) is 5.01 Å². The maximum atomic E-state index is 5.39. The lowest BCUT2D eigenvalue weighted by Crippen LogP contribution is -1.95. The Hall–Kier alpha value is -5.00. The van der Waals surface area contributed by atoms with Gasteiger partial charge < -0.3 is 8.98 Å². The lowest BCUT2D eigenvalue weighted by molar-refractivity contribution is 0.568. The molecule has 0 atom stereocenters. The number of furan rings is 1. The van der Waals surface area contributed by atoms with E-state index in [1.807, 2.05) is 36.5 Å². The number of aromatic nitrogens is 3. The third-order valence-electron chi connectivity index (χ3n) is 7.23. The number of benzene rings is 4. The van der Waals surface area contributed by atoms with Gasteiger partial charge in [-0.25, -0.2) is 4.98 Å². The number of para-hydroxylation sites is 1. The summed E-state index contributed by atoms with van der Waals surface area (Å²) in [7, 11) is 0. The highest BCUT2D eigenvalue weighted by atomic mass is 32.1. The van der Waals surface area contributed by atoms with E-state index < -0.39 is 0 Å². The van der Waals surface area contributed by atoms with Gasteiger partial charge in [0.15, 0.2) is 0 Å². The summed E-state index contributed by atoms with van der Waals surface area (Å²) in [5.74, 6) is 0. The summed E-state index contributed by atoms with van der Waals surface area (Å²) >= 11 is 1.73. The van der Waals surface area contributed by atoms with Crippen molar-refractivity contribution in [3.8, 4) is 38.6 Å². The molecule has 0 fully saturated rings. The first-order valence-electron chi connectivity index (χ1n) is 12.8. The Labute approximate surface area is 228 Å². The zero-order chi connectivity index (χ0) is 25.8. The number of nitrogens with zero attached hydrogens (tertiary/aromatic N) is 3. The van der Waals surface area contributed by atoms with E-state index in [1.54, 1.807) is 23.9 Å². The molecule has 0 aliphatic rings. The first kappa shape index (κ1) is 22.0. The molecule has 0 amide bonds. The molecule has 4 nitrogen and oxygen atoms in total. The molecule has 0 spiro atoms. The Balaban J connectivity index is 1.40.